The quantitative estimate of drug-likeness (QED) is 0.108. The van der Waals surface area contributed by atoms with E-state index >= 15 is 0 Å². The van der Waals surface area contributed by atoms with Gasteiger partial charge in [0, 0.05) is 56.7 Å². The van der Waals surface area contributed by atoms with Crippen molar-refractivity contribution in [2.45, 2.75) is 10.8 Å². The maximum atomic E-state index is 4.96. The van der Waals surface area contributed by atoms with Crippen molar-refractivity contribution >= 4 is 88.2 Å². The molecule has 0 spiro atoms. The van der Waals surface area contributed by atoms with Gasteiger partial charge in [-0.15, -0.1) is 0 Å². The summed E-state index contributed by atoms with van der Waals surface area (Å²) < 4.78 is 0. The summed E-state index contributed by atoms with van der Waals surface area (Å²) in [5.41, 5.74) is 29.2. The van der Waals surface area contributed by atoms with Crippen molar-refractivity contribution in [3.63, 3.8) is 0 Å². The van der Waals surface area contributed by atoms with E-state index < -0.39 is 10.8 Å². The van der Waals surface area contributed by atoms with Gasteiger partial charge < -0.3 is 9.80 Å². The van der Waals surface area contributed by atoms with E-state index in [1.807, 2.05) is 12.4 Å². The van der Waals surface area contributed by atoms with E-state index in [0.29, 0.717) is 0 Å². The summed E-state index contributed by atoms with van der Waals surface area (Å²) in [5, 5.41) is 9.40. The second-order valence-electron chi connectivity index (χ2n) is 28.1. The molecule has 2 heterocycles. The van der Waals surface area contributed by atoms with E-state index in [4.69, 9.17) is 9.97 Å². The standard InChI is InChI=1S/C102H66N4/c1-6-23-67(24-7-1)80-63-65-103-99-85(80)59-60-86-81(64-66-104-100(86)99)68-41-43-69(44-42-68)82-36-22-40-93-98(82)87-35-18-21-39-92(87)102(93,73-27-10-3-11-28-73)75-51-55-79(56-52-75)106(77-31-14-5-15-32-77)95-62-48-71-45-57-88-94(61-47-70-46-58-89(95)97(71)96(70)88)105(76-29-12-4-13-30-76)78-53-49-74(50-54-78)101(72-25-8-2-9-26-72)90-37-19-16-33-83(90)84-34-17-20-38-91(84)101/h1-66H. The lowest BCUT2D eigenvalue weighted by molar-refractivity contribution is 0.768. The lowest BCUT2D eigenvalue weighted by Gasteiger charge is -2.35. The van der Waals surface area contributed by atoms with Gasteiger partial charge in [-0.3, -0.25) is 9.97 Å². The largest absolute Gasteiger partial charge is 0.310 e. The van der Waals surface area contributed by atoms with Crippen molar-refractivity contribution in [3.05, 3.63) is 445 Å². The van der Waals surface area contributed by atoms with Gasteiger partial charge in [0.25, 0.3) is 0 Å². The third kappa shape index (κ3) is 9.14. The van der Waals surface area contributed by atoms with Crippen LogP contribution in [0.15, 0.2) is 401 Å². The molecule has 2 aromatic heterocycles. The molecule has 1 atom stereocenters. The van der Waals surface area contributed by atoms with Crippen molar-refractivity contribution in [2.75, 3.05) is 9.80 Å². The number of anilines is 6. The minimum atomic E-state index is -0.647. The maximum Gasteiger partial charge on any atom is 0.0970 e. The monoisotopic (exact) mass is 1350 g/mol. The molecule has 0 radical (unpaired) electrons. The van der Waals surface area contributed by atoms with Crippen molar-refractivity contribution in [1.82, 2.24) is 9.97 Å². The summed E-state index contributed by atoms with van der Waals surface area (Å²) in [6.07, 6.45) is 3.83. The number of hydrogen-bond donors (Lipinski definition) is 0. The summed E-state index contributed by atoms with van der Waals surface area (Å²) in [5.74, 6) is 0. The Labute approximate surface area is 615 Å². The highest BCUT2D eigenvalue weighted by atomic mass is 15.1. The lowest BCUT2D eigenvalue weighted by atomic mass is 9.67. The number of pyridine rings is 2. The smallest absolute Gasteiger partial charge is 0.0970 e. The van der Waals surface area contributed by atoms with Crippen LogP contribution in [0, 0.1) is 0 Å². The van der Waals surface area contributed by atoms with Crippen LogP contribution in [0.2, 0.25) is 0 Å². The Morgan fingerprint density at radius 3 is 1.01 bits per heavy atom. The summed E-state index contributed by atoms with van der Waals surface area (Å²) in [7, 11) is 0. The van der Waals surface area contributed by atoms with Crippen molar-refractivity contribution in [3.8, 4) is 55.6 Å². The summed E-state index contributed by atoms with van der Waals surface area (Å²) in [6.45, 7) is 0. The Morgan fingerprint density at radius 1 is 0.208 bits per heavy atom. The molecule has 4 nitrogen and oxygen atoms in total. The third-order valence-corrected chi connectivity index (χ3v) is 22.9. The molecule has 21 rings (SSSR count). The SMILES string of the molecule is c1ccc(-c2ccnc3c2ccc2c(-c4ccc(-c5cccc6c5-c5ccccc5C6(c5ccccc5)c5ccc(N(c6ccccc6)c6ccc7ccc8c(N(c9ccccc9)c9ccc(C%10(c%11ccccc%11)c%11ccccc%11-c%11ccccc%11%10)cc9)ccc9ccc6c7c98)cc5)cc4)ccnc23)cc1. The maximum absolute atomic E-state index is 4.96. The van der Waals surface area contributed by atoms with Gasteiger partial charge in [-0.25, -0.2) is 0 Å². The minimum Gasteiger partial charge on any atom is -0.310 e. The minimum absolute atomic E-state index is 0.505. The average Bonchev–Trinajstić information content (AvgIpc) is 1.51. The van der Waals surface area contributed by atoms with Crippen LogP contribution in [-0.4, -0.2) is 9.97 Å². The van der Waals surface area contributed by atoms with E-state index in [1.54, 1.807) is 0 Å². The van der Waals surface area contributed by atoms with E-state index in [-0.39, 0.29) is 0 Å². The Balaban J connectivity index is 0.671. The summed E-state index contributed by atoms with van der Waals surface area (Å²) >= 11 is 0. The zero-order valence-corrected chi connectivity index (χ0v) is 57.9. The van der Waals surface area contributed by atoms with Crippen molar-refractivity contribution in [1.29, 1.82) is 0 Å². The van der Waals surface area contributed by atoms with E-state index in [2.05, 4.69) is 398 Å². The molecule has 4 heteroatoms. The highest BCUT2D eigenvalue weighted by Gasteiger charge is 2.48. The van der Waals surface area contributed by atoms with Crippen LogP contribution in [0.25, 0.3) is 110 Å². The van der Waals surface area contributed by atoms with Crippen LogP contribution in [-0.2, 0) is 10.8 Å². The molecule has 19 aromatic rings. The lowest BCUT2D eigenvalue weighted by Crippen LogP contribution is -2.28. The molecule has 494 valence electrons. The highest BCUT2D eigenvalue weighted by Crippen LogP contribution is 2.60. The van der Waals surface area contributed by atoms with Gasteiger partial charge in [-0.2, -0.15) is 0 Å². The fourth-order valence-electron chi connectivity index (χ4n) is 18.4. The zero-order chi connectivity index (χ0) is 69.9. The first-order chi connectivity index (χ1) is 52.6. The van der Waals surface area contributed by atoms with Gasteiger partial charge in [0.05, 0.1) is 33.2 Å². The van der Waals surface area contributed by atoms with Crippen LogP contribution < -0.4 is 9.80 Å². The number of rotatable bonds is 13. The first-order valence-electron chi connectivity index (χ1n) is 36.6. The molecule has 17 aromatic carbocycles. The zero-order valence-electron chi connectivity index (χ0n) is 57.9. The second-order valence-corrected chi connectivity index (χ2v) is 28.1. The predicted octanol–water partition coefficient (Wildman–Crippen LogP) is 26.3. The summed E-state index contributed by atoms with van der Waals surface area (Å²) in [4.78, 5) is 14.8. The second kappa shape index (κ2) is 24.5. The van der Waals surface area contributed by atoms with E-state index in [1.165, 1.54) is 105 Å². The Hall–Kier alpha value is -13.8. The summed E-state index contributed by atoms with van der Waals surface area (Å²) in [6, 6.07) is 144. The molecule has 0 fully saturated rings. The number of hydrogen-bond acceptors (Lipinski definition) is 4. The van der Waals surface area contributed by atoms with E-state index in [9.17, 15) is 0 Å². The number of aromatic nitrogens is 2. The van der Waals surface area contributed by atoms with Crippen LogP contribution in [0.4, 0.5) is 34.1 Å². The number of nitrogens with zero attached hydrogens (tertiary/aromatic N) is 4. The molecular formula is C102H66N4. The molecule has 2 aliphatic carbocycles. The van der Waals surface area contributed by atoms with Gasteiger partial charge in [0.1, 0.15) is 0 Å². The third-order valence-electron chi connectivity index (χ3n) is 22.9. The molecule has 1 unspecified atom stereocenters. The van der Waals surface area contributed by atoms with Gasteiger partial charge in [0.15, 0.2) is 0 Å². The van der Waals surface area contributed by atoms with E-state index in [0.717, 1.165) is 83.7 Å². The molecule has 0 bridgehead atoms. The first-order valence-corrected chi connectivity index (χ1v) is 36.6. The molecule has 0 aliphatic heterocycles. The molecule has 0 saturated heterocycles. The van der Waals surface area contributed by atoms with Gasteiger partial charge in [0.2, 0.25) is 0 Å². The molecular weight excluding hydrogens is 1280 g/mol. The molecule has 2 aliphatic rings. The number of benzene rings is 17. The van der Waals surface area contributed by atoms with Gasteiger partial charge >= 0.3 is 0 Å². The number of fused-ring (bicyclic) bond motifs is 9. The fraction of sp³-hybridized carbons (Fsp3) is 0.0196. The fourth-order valence-corrected chi connectivity index (χ4v) is 18.4. The number of para-hydroxylation sites is 2. The topological polar surface area (TPSA) is 32.3 Å². The van der Waals surface area contributed by atoms with Gasteiger partial charge in [-0.1, -0.05) is 315 Å². The normalized spacial score (nSPS) is 14.0. The van der Waals surface area contributed by atoms with Crippen molar-refractivity contribution < 1.29 is 0 Å². The van der Waals surface area contributed by atoms with Crippen molar-refractivity contribution in [2.24, 2.45) is 0 Å². The Morgan fingerprint density at radius 2 is 0.538 bits per heavy atom. The highest BCUT2D eigenvalue weighted by molar-refractivity contribution is 6.28. The first kappa shape index (κ1) is 60.9. The Kier molecular flexibility index (Phi) is 14.1. The molecule has 0 saturated carbocycles. The average molecular weight is 1350 g/mol. The van der Waals surface area contributed by atoms with Crippen LogP contribution >= 0.6 is 0 Å². The van der Waals surface area contributed by atoms with Crippen LogP contribution in [0.5, 0.6) is 0 Å². The predicted molar refractivity (Wildman–Crippen MR) is 441 cm³/mol. The Bertz CT molecular complexity index is 6560. The van der Waals surface area contributed by atoms with Crippen LogP contribution in [0.3, 0.4) is 0 Å². The molecule has 0 amide bonds. The van der Waals surface area contributed by atoms with Gasteiger partial charge in [-0.05, 0) is 194 Å². The van der Waals surface area contributed by atoms with Crippen LogP contribution in [0.1, 0.15) is 44.5 Å². The molecule has 106 heavy (non-hydrogen) atoms. The molecule has 0 N–H and O–H groups in total.